The van der Waals surface area contributed by atoms with Gasteiger partial charge in [-0.1, -0.05) is 0 Å². The van der Waals surface area contributed by atoms with Crippen LogP contribution in [0.15, 0.2) is 18.5 Å². The maximum atomic E-state index is 10.5. The number of carbonyl (C=O) groups excluding carboxylic acids is 1. The van der Waals surface area contributed by atoms with Gasteiger partial charge in [0.1, 0.15) is 5.78 Å². The van der Waals surface area contributed by atoms with Crippen LogP contribution < -0.4 is 0 Å². The van der Waals surface area contributed by atoms with Crippen LogP contribution in [0, 0.1) is 0 Å². The van der Waals surface area contributed by atoms with E-state index in [1.165, 1.54) is 0 Å². The van der Waals surface area contributed by atoms with Gasteiger partial charge in [-0.05, 0) is 13.0 Å². The van der Waals surface area contributed by atoms with Crippen LogP contribution in [0.1, 0.15) is 13.3 Å². The molecule has 0 aromatic carbocycles. The maximum Gasteiger partial charge on any atom is 0.131 e. The number of hydrogen-bond acceptors (Lipinski definition) is 2. The largest absolute Gasteiger partial charge is 0.300 e. The fourth-order valence-corrected chi connectivity index (χ4v) is 0.705. The quantitative estimate of drug-likeness (QED) is 0.621. The summed E-state index contributed by atoms with van der Waals surface area (Å²) in [6, 6.07) is 1.85. The average molecular weight is 138 g/mol. The highest BCUT2D eigenvalue weighted by Crippen LogP contribution is 1.89. The van der Waals surface area contributed by atoms with E-state index in [4.69, 9.17) is 0 Å². The molecule has 0 saturated heterocycles. The van der Waals surface area contributed by atoms with Crippen molar-refractivity contribution in [1.29, 1.82) is 0 Å². The first-order chi connectivity index (χ1) is 4.79. The van der Waals surface area contributed by atoms with Gasteiger partial charge in [0.2, 0.25) is 0 Å². The highest BCUT2D eigenvalue weighted by Gasteiger charge is 1.93. The maximum absolute atomic E-state index is 10.5. The molecule has 1 heterocycles. The first-order valence-corrected chi connectivity index (χ1v) is 3.26. The standard InChI is InChI=1S/C7H10N2O/c1-7(10)3-6-9-5-2-4-8-9/h2,4-5H,3,6H2,1H3. The van der Waals surface area contributed by atoms with E-state index in [1.807, 2.05) is 12.3 Å². The fraction of sp³-hybridized carbons (Fsp3) is 0.429. The molecule has 0 spiro atoms. The number of Topliss-reactive ketones (excluding diaryl/α,β-unsaturated/α-hetero) is 1. The second kappa shape index (κ2) is 3.15. The Morgan fingerprint density at radius 3 is 3.00 bits per heavy atom. The third-order valence-corrected chi connectivity index (χ3v) is 1.25. The monoisotopic (exact) mass is 138 g/mol. The summed E-state index contributed by atoms with van der Waals surface area (Å²) in [5.41, 5.74) is 0. The molecule has 3 nitrogen and oxygen atoms in total. The molecule has 0 aliphatic heterocycles. The van der Waals surface area contributed by atoms with Crippen molar-refractivity contribution >= 4 is 5.78 Å². The van der Waals surface area contributed by atoms with Crippen molar-refractivity contribution in [1.82, 2.24) is 9.78 Å². The summed E-state index contributed by atoms with van der Waals surface area (Å²) in [7, 11) is 0. The zero-order valence-corrected chi connectivity index (χ0v) is 5.95. The Labute approximate surface area is 59.7 Å². The average Bonchev–Trinajstić information content (AvgIpc) is 2.34. The third kappa shape index (κ3) is 2.01. The van der Waals surface area contributed by atoms with E-state index in [1.54, 1.807) is 17.8 Å². The molecule has 0 fully saturated rings. The van der Waals surface area contributed by atoms with Crippen LogP contribution in [0.2, 0.25) is 0 Å². The topological polar surface area (TPSA) is 34.9 Å². The minimum absolute atomic E-state index is 0.204. The molecule has 0 saturated carbocycles. The Balaban J connectivity index is 2.35. The van der Waals surface area contributed by atoms with Gasteiger partial charge in [0.05, 0.1) is 0 Å². The number of nitrogens with zero attached hydrogens (tertiary/aromatic N) is 2. The second-order valence-electron chi connectivity index (χ2n) is 2.22. The summed E-state index contributed by atoms with van der Waals surface area (Å²) < 4.78 is 1.75. The molecular formula is C7H10N2O. The van der Waals surface area contributed by atoms with Crippen molar-refractivity contribution in [2.45, 2.75) is 19.9 Å². The number of aryl methyl sites for hydroxylation is 1. The van der Waals surface area contributed by atoms with Crippen LogP contribution in [-0.2, 0) is 11.3 Å². The molecule has 3 heteroatoms. The van der Waals surface area contributed by atoms with E-state index >= 15 is 0 Å². The summed E-state index contributed by atoms with van der Waals surface area (Å²) in [5.74, 6) is 0.204. The molecule has 0 aliphatic carbocycles. The number of aromatic nitrogens is 2. The smallest absolute Gasteiger partial charge is 0.131 e. The molecule has 0 unspecified atom stereocenters. The van der Waals surface area contributed by atoms with Gasteiger partial charge >= 0.3 is 0 Å². The van der Waals surface area contributed by atoms with Crippen molar-refractivity contribution in [3.8, 4) is 0 Å². The first kappa shape index (κ1) is 6.99. The van der Waals surface area contributed by atoms with Crippen molar-refractivity contribution in [3.63, 3.8) is 0 Å². The predicted octanol–water partition coefficient (Wildman–Crippen LogP) is 0.862. The van der Waals surface area contributed by atoms with Crippen LogP contribution in [0.4, 0.5) is 0 Å². The van der Waals surface area contributed by atoms with E-state index in [0.717, 1.165) is 0 Å². The van der Waals surface area contributed by atoms with Gasteiger partial charge in [-0.3, -0.25) is 9.48 Å². The van der Waals surface area contributed by atoms with E-state index < -0.39 is 0 Å². The van der Waals surface area contributed by atoms with Crippen molar-refractivity contribution < 1.29 is 4.79 Å². The molecule has 54 valence electrons. The molecule has 0 aliphatic rings. The predicted molar refractivity (Wildman–Crippen MR) is 37.5 cm³/mol. The van der Waals surface area contributed by atoms with Crippen LogP contribution in [0.3, 0.4) is 0 Å². The van der Waals surface area contributed by atoms with E-state index in [2.05, 4.69) is 5.10 Å². The van der Waals surface area contributed by atoms with Crippen molar-refractivity contribution in [2.24, 2.45) is 0 Å². The first-order valence-electron chi connectivity index (χ1n) is 3.26. The van der Waals surface area contributed by atoms with Gasteiger partial charge in [0.25, 0.3) is 0 Å². The van der Waals surface area contributed by atoms with Gasteiger partial charge in [-0.2, -0.15) is 5.10 Å². The SMILES string of the molecule is CC(=O)CCn1cccn1. The van der Waals surface area contributed by atoms with Crippen LogP contribution >= 0.6 is 0 Å². The number of carbonyl (C=O) groups is 1. The lowest BCUT2D eigenvalue weighted by atomic mass is 10.3. The van der Waals surface area contributed by atoms with E-state index in [9.17, 15) is 4.79 Å². The number of hydrogen-bond donors (Lipinski definition) is 0. The van der Waals surface area contributed by atoms with Crippen LogP contribution in [-0.4, -0.2) is 15.6 Å². The Morgan fingerprint density at radius 2 is 2.50 bits per heavy atom. The molecule has 1 aromatic rings. The van der Waals surface area contributed by atoms with E-state index in [-0.39, 0.29) is 5.78 Å². The molecule has 1 rings (SSSR count). The number of rotatable bonds is 3. The molecule has 0 atom stereocenters. The lowest BCUT2D eigenvalue weighted by molar-refractivity contribution is -0.117. The minimum atomic E-state index is 0.204. The fourth-order valence-electron chi connectivity index (χ4n) is 0.705. The highest BCUT2D eigenvalue weighted by atomic mass is 16.1. The summed E-state index contributed by atoms with van der Waals surface area (Å²) in [5, 5.41) is 3.95. The molecule has 0 amide bonds. The molecule has 0 bridgehead atoms. The Kier molecular flexibility index (Phi) is 2.20. The molecule has 0 radical (unpaired) electrons. The lowest BCUT2D eigenvalue weighted by Gasteiger charge is -1.95. The van der Waals surface area contributed by atoms with Crippen molar-refractivity contribution in [3.05, 3.63) is 18.5 Å². The summed E-state index contributed by atoms with van der Waals surface area (Å²) in [6.07, 6.45) is 4.13. The minimum Gasteiger partial charge on any atom is -0.300 e. The Hall–Kier alpha value is -1.12. The summed E-state index contributed by atoms with van der Waals surface area (Å²) >= 11 is 0. The Bertz CT molecular complexity index is 203. The van der Waals surface area contributed by atoms with Gasteiger partial charge in [-0.25, -0.2) is 0 Å². The van der Waals surface area contributed by atoms with E-state index in [0.29, 0.717) is 13.0 Å². The molecule has 0 N–H and O–H groups in total. The summed E-state index contributed by atoms with van der Waals surface area (Å²) in [4.78, 5) is 10.5. The van der Waals surface area contributed by atoms with Gasteiger partial charge in [0.15, 0.2) is 0 Å². The van der Waals surface area contributed by atoms with Gasteiger partial charge < -0.3 is 0 Å². The third-order valence-electron chi connectivity index (χ3n) is 1.25. The van der Waals surface area contributed by atoms with Crippen molar-refractivity contribution in [2.75, 3.05) is 0 Å². The van der Waals surface area contributed by atoms with Gasteiger partial charge in [0, 0.05) is 25.4 Å². The highest BCUT2D eigenvalue weighted by molar-refractivity contribution is 5.75. The zero-order chi connectivity index (χ0) is 7.40. The normalized spacial score (nSPS) is 9.70. The summed E-state index contributed by atoms with van der Waals surface area (Å²) in [6.45, 7) is 2.28. The van der Waals surface area contributed by atoms with Crippen LogP contribution in [0.25, 0.3) is 0 Å². The Morgan fingerprint density at radius 1 is 1.70 bits per heavy atom. The molecule has 10 heavy (non-hydrogen) atoms. The molecular weight excluding hydrogens is 128 g/mol. The molecule has 1 aromatic heterocycles. The second-order valence-corrected chi connectivity index (χ2v) is 2.22. The lowest BCUT2D eigenvalue weighted by Crippen LogP contribution is -2.02. The zero-order valence-electron chi connectivity index (χ0n) is 5.95. The van der Waals surface area contributed by atoms with Crippen LogP contribution in [0.5, 0.6) is 0 Å². The number of ketones is 1. The van der Waals surface area contributed by atoms with Gasteiger partial charge in [-0.15, -0.1) is 0 Å².